The van der Waals surface area contributed by atoms with Gasteiger partial charge >= 0.3 is 0 Å². The van der Waals surface area contributed by atoms with Crippen molar-refractivity contribution in [3.63, 3.8) is 0 Å². The molecule has 15 heavy (non-hydrogen) atoms. The predicted molar refractivity (Wildman–Crippen MR) is 65.4 cm³/mol. The van der Waals surface area contributed by atoms with Crippen LogP contribution in [0.4, 0.5) is 0 Å². The average Bonchev–Trinajstić information content (AvgIpc) is 2.64. The summed E-state index contributed by atoms with van der Waals surface area (Å²) in [6, 6.07) is 7.70. The summed E-state index contributed by atoms with van der Waals surface area (Å²) < 4.78 is 0. The summed E-state index contributed by atoms with van der Waals surface area (Å²) in [7, 11) is 0. The zero-order chi connectivity index (χ0) is 10.8. The third-order valence-corrected chi connectivity index (χ3v) is 3.63. The summed E-state index contributed by atoms with van der Waals surface area (Å²) >= 11 is 7.80. The van der Waals surface area contributed by atoms with Gasteiger partial charge in [0.25, 0.3) is 0 Å². The van der Waals surface area contributed by atoms with Gasteiger partial charge in [0.2, 0.25) is 0 Å². The Morgan fingerprint density at radius 1 is 1.40 bits per heavy atom. The molecule has 2 aromatic rings. The third kappa shape index (κ3) is 2.07. The first-order valence-corrected chi connectivity index (χ1v) is 5.92. The number of aliphatic hydroxyl groups is 1. The molecule has 1 nitrogen and oxygen atoms in total. The molecule has 1 N–H and O–H groups in total. The van der Waals surface area contributed by atoms with Crippen LogP contribution in [0.25, 0.3) is 10.4 Å². The van der Waals surface area contributed by atoms with E-state index in [9.17, 15) is 5.11 Å². The van der Waals surface area contributed by atoms with E-state index in [-0.39, 0.29) is 6.61 Å². The standard InChI is InChI=1S/C12H11ClOS/c1-8-5-11(15-7-8)12-9(6-14)3-2-4-10(12)13/h2-5,7,14H,6H2,1H3. The first-order valence-electron chi connectivity index (χ1n) is 4.66. The first kappa shape index (κ1) is 10.7. The third-order valence-electron chi connectivity index (χ3n) is 2.25. The lowest BCUT2D eigenvalue weighted by molar-refractivity contribution is 0.282. The molecule has 2 rings (SSSR count). The Morgan fingerprint density at radius 3 is 2.80 bits per heavy atom. The Morgan fingerprint density at radius 2 is 2.20 bits per heavy atom. The van der Waals surface area contributed by atoms with Crippen LogP contribution in [0.3, 0.4) is 0 Å². The van der Waals surface area contributed by atoms with Gasteiger partial charge in [0, 0.05) is 15.5 Å². The smallest absolute Gasteiger partial charge is 0.0688 e. The minimum Gasteiger partial charge on any atom is -0.392 e. The van der Waals surface area contributed by atoms with Crippen LogP contribution < -0.4 is 0 Å². The zero-order valence-corrected chi connectivity index (χ0v) is 9.90. The molecule has 0 atom stereocenters. The summed E-state index contributed by atoms with van der Waals surface area (Å²) in [5.41, 5.74) is 3.06. The molecule has 0 aliphatic carbocycles. The highest BCUT2D eigenvalue weighted by atomic mass is 35.5. The lowest BCUT2D eigenvalue weighted by atomic mass is 10.1. The fourth-order valence-corrected chi connectivity index (χ4v) is 2.88. The predicted octanol–water partition coefficient (Wildman–Crippen LogP) is 3.87. The van der Waals surface area contributed by atoms with Crippen molar-refractivity contribution in [2.45, 2.75) is 13.5 Å². The monoisotopic (exact) mass is 238 g/mol. The molecule has 0 aliphatic heterocycles. The quantitative estimate of drug-likeness (QED) is 0.842. The topological polar surface area (TPSA) is 20.2 Å². The number of hydrogen-bond donors (Lipinski definition) is 1. The molecule has 1 aromatic carbocycles. The van der Waals surface area contributed by atoms with Gasteiger partial charge in [0.15, 0.2) is 0 Å². The van der Waals surface area contributed by atoms with Gasteiger partial charge in [-0.25, -0.2) is 0 Å². The highest BCUT2D eigenvalue weighted by Gasteiger charge is 2.10. The molecule has 0 saturated heterocycles. The van der Waals surface area contributed by atoms with Crippen molar-refractivity contribution in [2.75, 3.05) is 0 Å². The van der Waals surface area contributed by atoms with E-state index in [0.29, 0.717) is 5.02 Å². The Bertz CT molecular complexity index is 476. The lowest BCUT2D eigenvalue weighted by Gasteiger charge is -2.06. The minimum atomic E-state index is 0.0207. The van der Waals surface area contributed by atoms with Crippen molar-refractivity contribution < 1.29 is 5.11 Å². The summed E-state index contributed by atoms with van der Waals surface area (Å²) in [6.07, 6.45) is 0. The fourth-order valence-electron chi connectivity index (χ4n) is 1.54. The minimum absolute atomic E-state index is 0.0207. The number of thiophene rings is 1. The van der Waals surface area contributed by atoms with Crippen LogP contribution >= 0.6 is 22.9 Å². The van der Waals surface area contributed by atoms with E-state index < -0.39 is 0 Å². The maximum absolute atomic E-state index is 9.26. The Balaban J connectivity index is 2.60. The molecule has 0 aliphatic rings. The SMILES string of the molecule is Cc1csc(-c2c(Cl)cccc2CO)c1. The molecular weight excluding hydrogens is 228 g/mol. The second-order valence-corrected chi connectivity index (χ2v) is 4.74. The van der Waals surface area contributed by atoms with Gasteiger partial charge in [0.05, 0.1) is 6.61 Å². The van der Waals surface area contributed by atoms with Crippen LogP contribution in [0.1, 0.15) is 11.1 Å². The van der Waals surface area contributed by atoms with Gasteiger partial charge < -0.3 is 5.11 Å². The molecule has 0 spiro atoms. The van der Waals surface area contributed by atoms with Crippen LogP contribution in [-0.4, -0.2) is 5.11 Å². The Labute approximate surface area is 98.0 Å². The molecule has 0 radical (unpaired) electrons. The second kappa shape index (κ2) is 4.35. The van der Waals surface area contributed by atoms with Gasteiger partial charge in [0.1, 0.15) is 0 Å². The van der Waals surface area contributed by atoms with Crippen molar-refractivity contribution in [1.29, 1.82) is 0 Å². The maximum Gasteiger partial charge on any atom is 0.0688 e. The van der Waals surface area contributed by atoms with E-state index in [4.69, 9.17) is 11.6 Å². The first-order chi connectivity index (χ1) is 7.22. The highest BCUT2D eigenvalue weighted by molar-refractivity contribution is 7.13. The maximum atomic E-state index is 9.26. The summed E-state index contributed by atoms with van der Waals surface area (Å²) in [6.45, 7) is 2.07. The fraction of sp³-hybridized carbons (Fsp3) is 0.167. The molecule has 1 heterocycles. The molecule has 78 valence electrons. The number of halogens is 1. The van der Waals surface area contributed by atoms with E-state index in [1.807, 2.05) is 18.2 Å². The highest BCUT2D eigenvalue weighted by Crippen LogP contribution is 2.35. The van der Waals surface area contributed by atoms with Gasteiger partial charge in [-0.15, -0.1) is 11.3 Å². The van der Waals surface area contributed by atoms with Gasteiger partial charge in [-0.3, -0.25) is 0 Å². The van der Waals surface area contributed by atoms with E-state index in [0.717, 1.165) is 16.0 Å². The van der Waals surface area contributed by atoms with Gasteiger partial charge in [-0.1, -0.05) is 23.7 Å². The van der Waals surface area contributed by atoms with E-state index in [1.54, 1.807) is 11.3 Å². The number of benzene rings is 1. The summed E-state index contributed by atoms with van der Waals surface area (Å²) in [5, 5.41) is 12.0. The number of aryl methyl sites for hydroxylation is 1. The second-order valence-electron chi connectivity index (χ2n) is 3.42. The van der Waals surface area contributed by atoms with Crippen molar-refractivity contribution in [1.82, 2.24) is 0 Å². The summed E-state index contributed by atoms with van der Waals surface area (Å²) in [4.78, 5) is 1.11. The number of rotatable bonds is 2. The van der Waals surface area contributed by atoms with Gasteiger partial charge in [-0.2, -0.15) is 0 Å². The van der Waals surface area contributed by atoms with Crippen molar-refractivity contribution in [3.05, 3.63) is 45.8 Å². The largest absolute Gasteiger partial charge is 0.392 e. The van der Waals surface area contributed by atoms with Gasteiger partial charge in [-0.05, 0) is 35.6 Å². The molecule has 0 amide bonds. The van der Waals surface area contributed by atoms with Crippen molar-refractivity contribution in [2.24, 2.45) is 0 Å². The zero-order valence-electron chi connectivity index (χ0n) is 8.33. The molecular formula is C12H11ClOS. The lowest BCUT2D eigenvalue weighted by Crippen LogP contribution is -1.88. The van der Waals surface area contributed by atoms with Crippen LogP contribution in [-0.2, 0) is 6.61 Å². The van der Waals surface area contributed by atoms with Crippen LogP contribution in [0.15, 0.2) is 29.6 Å². The average molecular weight is 239 g/mol. The Kier molecular flexibility index (Phi) is 3.10. The van der Waals surface area contributed by atoms with Crippen LogP contribution in [0.5, 0.6) is 0 Å². The number of aliphatic hydroxyl groups excluding tert-OH is 1. The molecule has 1 aromatic heterocycles. The van der Waals surface area contributed by atoms with Crippen LogP contribution in [0.2, 0.25) is 5.02 Å². The molecule has 0 bridgehead atoms. The molecule has 0 fully saturated rings. The number of hydrogen-bond acceptors (Lipinski definition) is 2. The molecule has 3 heteroatoms. The normalized spacial score (nSPS) is 10.6. The summed E-state index contributed by atoms with van der Waals surface area (Å²) in [5.74, 6) is 0. The molecule has 0 unspecified atom stereocenters. The van der Waals surface area contributed by atoms with Crippen LogP contribution in [0, 0.1) is 6.92 Å². The van der Waals surface area contributed by atoms with E-state index in [2.05, 4.69) is 18.4 Å². The van der Waals surface area contributed by atoms with E-state index >= 15 is 0 Å². The van der Waals surface area contributed by atoms with Crippen molar-refractivity contribution >= 4 is 22.9 Å². The Hall–Kier alpha value is -0.830. The van der Waals surface area contributed by atoms with Crippen molar-refractivity contribution in [3.8, 4) is 10.4 Å². The molecule has 0 saturated carbocycles. The van der Waals surface area contributed by atoms with E-state index in [1.165, 1.54) is 5.56 Å².